The maximum Gasteiger partial charge on any atom is 0.155 e. The van der Waals surface area contributed by atoms with E-state index in [4.69, 9.17) is 0 Å². The molecule has 10 heteroatoms. The molecule has 0 N–H and O–H groups in total. The molecule has 0 radical (unpaired) electrons. The van der Waals surface area contributed by atoms with Crippen molar-refractivity contribution in [1.29, 1.82) is 0 Å². The van der Waals surface area contributed by atoms with Gasteiger partial charge in [0.1, 0.15) is 18.7 Å². The molecule has 0 spiro atoms. The third-order valence-corrected chi connectivity index (χ3v) is 5.77. The number of hydrogen-bond acceptors (Lipinski definition) is 7. The highest BCUT2D eigenvalue weighted by Gasteiger charge is 2.33. The Labute approximate surface area is 163 Å². The highest BCUT2D eigenvalue weighted by atomic mass is 15.5. The van der Waals surface area contributed by atoms with E-state index in [0.717, 1.165) is 51.3 Å². The molecular weight excluding hydrogens is 356 g/mol. The molecule has 5 rings (SSSR count). The first-order valence-corrected chi connectivity index (χ1v) is 10.2. The molecule has 3 aromatic heterocycles. The number of nitrogens with zero attached hydrogens (tertiary/aromatic N) is 10. The Bertz CT molecular complexity index is 856. The Balaban J connectivity index is 1.19. The molecule has 1 aliphatic carbocycles. The first-order valence-electron chi connectivity index (χ1n) is 10.2. The minimum atomic E-state index is 0.509. The molecule has 1 aliphatic heterocycles. The van der Waals surface area contributed by atoms with Gasteiger partial charge in [-0.25, -0.2) is 4.68 Å². The molecule has 0 unspecified atom stereocenters. The third-order valence-electron chi connectivity index (χ3n) is 5.77. The predicted molar refractivity (Wildman–Crippen MR) is 100 cm³/mol. The summed E-state index contributed by atoms with van der Waals surface area (Å²) in [4.78, 5) is 2.54. The molecule has 28 heavy (non-hydrogen) atoms. The van der Waals surface area contributed by atoms with E-state index >= 15 is 0 Å². The molecule has 3 aromatic rings. The molecule has 0 amide bonds. The number of tetrazole rings is 1. The van der Waals surface area contributed by atoms with E-state index in [9.17, 15) is 0 Å². The van der Waals surface area contributed by atoms with Crippen LogP contribution in [-0.2, 0) is 13.1 Å². The van der Waals surface area contributed by atoms with E-state index in [1.807, 2.05) is 23.1 Å². The Morgan fingerprint density at radius 2 is 1.89 bits per heavy atom. The summed E-state index contributed by atoms with van der Waals surface area (Å²) in [5, 5.41) is 24.8. The molecule has 0 aromatic carbocycles. The second-order valence-electron chi connectivity index (χ2n) is 7.82. The summed E-state index contributed by atoms with van der Waals surface area (Å²) in [7, 11) is 0. The van der Waals surface area contributed by atoms with Gasteiger partial charge in [0.2, 0.25) is 0 Å². The van der Waals surface area contributed by atoms with Crippen LogP contribution in [0.5, 0.6) is 0 Å². The lowest BCUT2D eigenvalue weighted by Crippen LogP contribution is -2.34. The van der Waals surface area contributed by atoms with Crippen LogP contribution < -0.4 is 0 Å². The highest BCUT2D eigenvalue weighted by molar-refractivity contribution is 5.09. The fraction of sp³-hybridized carbons (Fsp3) is 0.667. The van der Waals surface area contributed by atoms with Crippen molar-refractivity contribution in [3.8, 4) is 0 Å². The van der Waals surface area contributed by atoms with Crippen molar-refractivity contribution in [1.82, 2.24) is 49.7 Å². The second-order valence-corrected chi connectivity index (χ2v) is 7.82. The lowest BCUT2D eigenvalue weighted by molar-refractivity contribution is 0.201. The van der Waals surface area contributed by atoms with Gasteiger partial charge in [-0.3, -0.25) is 4.68 Å². The number of hydrogen-bond donors (Lipinski definition) is 0. The van der Waals surface area contributed by atoms with Crippen LogP contribution in [0.25, 0.3) is 0 Å². The van der Waals surface area contributed by atoms with Crippen molar-refractivity contribution in [3.63, 3.8) is 0 Å². The summed E-state index contributed by atoms with van der Waals surface area (Å²) in [5.74, 6) is 2.75. The average Bonchev–Trinajstić information content (AvgIpc) is 3.13. The zero-order chi connectivity index (χ0) is 18.8. The van der Waals surface area contributed by atoms with E-state index in [0.29, 0.717) is 18.5 Å². The van der Waals surface area contributed by atoms with E-state index in [1.165, 1.54) is 18.7 Å². The molecule has 0 atom stereocenters. The summed E-state index contributed by atoms with van der Waals surface area (Å²) < 4.78 is 6.14. The monoisotopic (exact) mass is 382 g/mol. The molecule has 148 valence electrons. The number of rotatable bonds is 8. The minimum Gasteiger partial charge on any atom is -0.310 e. The standard InChI is InChI=1S/C18H26N10/c1-7-20-26(9-1)13-17-21-22-18(28(17)16-3-4-16)15-5-11-25(12-6-15)8-2-10-27-14-19-23-24-27/h1,7,9,14-16H,2-6,8,10-13H2. The van der Waals surface area contributed by atoms with Crippen LogP contribution in [-0.4, -0.2) is 69.3 Å². The number of piperidine rings is 1. The third kappa shape index (κ3) is 3.82. The van der Waals surface area contributed by atoms with Crippen LogP contribution in [0.1, 0.15) is 55.7 Å². The van der Waals surface area contributed by atoms with Crippen molar-refractivity contribution in [2.75, 3.05) is 19.6 Å². The molecule has 2 fully saturated rings. The Morgan fingerprint density at radius 3 is 2.61 bits per heavy atom. The van der Waals surface area contributed by atoms with Crippen LogP contribution in [0.3, 0.4) is 0 Å². The summed E-state index contributed by atoms with van der Waals surface area (Å²) in [5.41, 5.74) is 0. The van der Waals surface area contributed by atoms with Crippen LogP contribution >= 0.6 is 0 Å². The van der Waals surface area contributed by atoms with Gasteiger partial charge < -0.3 is 9.47 Å². The van der Waals surface area contributed by atoms with Gasteiger partial charge in [-0.15, -0.1) is 15.3 Å². The maximum atomic E-state index is 4.63. The van der Waals surface area contributed by atoms with E-state index in [2.05, 4.69) is 40.3 Å². The maximum absolute atomic E-state index is 4.63. The molecule has 4 heterocycles. The lowest BCUT2D eigenvalue weighted by atomic mass is 9.95. The number of aryl methyl sites for hydroxylation is 1. The van der Waals surface area contributed by atoms with Crippen LogP contribution in [0.2, 0.25) is 0 Å². The van der Waals surface area contributed by atoms with Gasteiger partial charge in [0.05, 0.1) is 0 Å². The van der Waals surface area contributed by atoms with Crippen LogP contribution in [0.15, 0.2) is 24.8 Å². The van der Waals surface area contributed by atoms with Crippen molar-refractivity contribution in [3.05, 3.63) is 36.4 Å². The first kappa shape index (κ1) is 17.5. The molecule has 10 nitrogen and oxygen atoms in total. The van der Waals surface area contributed by atoms with Crippen molar-refractivity contribution in [2.24, 2.45) is 0 Å². The molecule has 1 saturated heterocycles. The average molecular weight is 382 g/mol. The van der Waals surface area contributed by atoms with Gasteiger partial charge in [-0.1, -0.05) is 0 Å². The molecule has 2 aliphatic rings. The smallest absolute Gasteiger partial charge is 0.155 e. The van der Waals surface area contributed by atoms with Gasteiger partial charge in [0.15, 0.2) is 5.82 Å². The van der Waals surface area contributed by atoms with E-state index < -0.39 is 0 Å². The zero-order valence-corrected chi connectivity index (χ0v) is 16.0. The summed E-state index contributed by atoms with van der Waals surface area (Å²) >= 11 is 0. The van der Waals surface area contributed by atoms with E-state index in [-0.39, 0.29) is 0 Å². The fourth-order valence-corrected chi connectivity index (χ4v) is 4.15. The Morgan fingerprint density at radius 1 is 1.00 bits per heavy atom. The van der Waals surface area contributed by atoms with Crippen LogP contribution in [0, 0.1) is 0 Å². The highest BCUT2D eigenvalue weighted by Crippen LogP contribution is 2.39. The summed E-state index contributed by atoms with van der Waals surface area (Å²) in [6.45, 7) is 4.90. The van der Waals surface area contributed by atoms with Gasteiger partial charge in [-0.05, 0) is 68.2 Å². The van der Waals surface area contributed by atoms with E-state index in [1.54, 1.807) is 11.0 Å². The first-order chi connectivity index (χ1) is 13.9. The molecule has 1 saturated carbocycles. The second kappa shape index (κ2) is 7.78. The number of likely N-dealkylation sites (tertiary alicyclic amines) is 1. The molecule has 0 bridgehead atoms. The van der Waals surface area contributed by atoms with Crippen molar-refractivity contribution >= 4 is 0 Å². The topological polar surface area (TPSA) is 95.4 Å². The largest absolute Gasteiger partial charge is 0.310 e. The van der Waals surface area contributed by atoms with Gasteiger partial charge >= 0.3 is 0 Å². The SMILES string of the molecule is c1cnn(Cc2nnc(C3CCN(CCCn4cnnn4)CC3)n2C2CC2)c1. The van der Waals surface area contributed by atoms with Gasteiger partial charge in [0, 0.05) is 30.9 Å². The Kier molecular flexibility index (Phi) is 4.86. The lowest BCUT2D eigenvalue weighted by Gasteiger charge is -2.31. The molecular formula is C18H26N10. The fourth-order valence-electron chi connectivity index (χ4n) is 4.15. The quantitative estimate of drug-likeness (QED) is 0.576. The number of aromatic nitrogens is 9. The predicted octanol–water partition coefficient (Wildman–Crippen LogP) is 1.11. The normalized spacial score (nSPS) is 18.7. The van der Waals surface area contributed by atoms with Crippen molar-refractivity contribution in [2.45, 2.75) is 57.2 Å². The minimum absolute atomic E-state index is 0.509. The zero-order valence-electron chi connectivity index (χ0n) is 16.0. The summed E-state index contributed by atoms with van der Waals surface area (Å²) in [6.07, 6.45) is 11.3. The van der Waals surface area contributed by atoms with Gasteiger partial charge in [-0.2, -0.15) is 5.10 Å². The van der Waals surface area contributed by atoms with Crippen LogP contribution in [0.4, 0.5) is 0 Å². The Hall–Kier alpha value is -2.62. The van der Waals surface area contributed by atoms with Gasteiger partial charge in [0.25, 0.3) is 0 Å². The summed E-state index contributed by atoms with van der Waals surface area (Å²) in [6, 6.07) is 2.54. The van der Waals surface area contributed by atoms with Crippen molar-refractivity contribution < 1.29 is 0 Å².